The summed E-state index contributed by atoms with van der Waals surface area (Å²) >= 11 is 0. The van der Waals surface area contributed by atoms with Crippen molar-refractivity contribution in [3.8, 4) is 11.1 Å². The summed E-state index contributed by atoms with van der Waals surface area (Å²) in [7, 11) is 0. The number of unbranched alkanes of at least 4 members (excludes halogenated alkanes) is 2. The molecular formula is C37H45F3N2O3. The number of carbonyl (C=O) groups excluding carboxylic acids is 2. The van der Waals surface area contributed by atoms with Crippen LogP contribution < -0.4 is 5.32 Å². The van der Waals surface area contributed by atoms with E-state index >= 15 is 0 Å². The van der Waals surface area contributed by atoms with E-state index in [0.29, 0.717) is 29.7 Å². The van der Waals surface area contributed by atoms with Crippen LogP contribution in [0.1, 0.15) is 86.7 Å². The summed E-state index contributed by atoms with van der Waals surface area (Å²) in [5, 5.41) is 3.15. The van der Waals surface area contributed by atoms with Gasteiger partial charge in [0.15, 0.2) is 0 Å². The highest BCUT2D eigenvalue weighted by Gasteiger charge is 2.31. The van der Waals surface area contributed by atoms with Gasteiger partial charge in [0.05, 0.1) is 18.6 Å². The van der Waals surface area contributed by atoms with Gasteiger partial charge in [0.2, 0.25) is 0 Å². The van der Waals surface area contributed by atoms with E-state index in [4.69, 9.17) is 4.74 Å². The summed E-state index contributed by atoms with van der Waals surface area (Å²) in [5.74, 6) is -0.349. The normalized spacial score (nSPS) is 15.8. The number of nitrogens with zero attached hydrogens (tertiary/aromatic N) is 1. The van der Waals surface area contributed by atoms with E-state index < -0.39 is 11.7 Å². The molecule has 45 heavy (non-hydrogen) atoms. The Bertz CT molecular complexity index is 1370. The quantitative estimate of drug-likeness (QED) is 0.145. The van der Waals surface area contributed by atoms with Gasteiger partial charge in [-0.1, -0.05) is 87.4 Å². The van der Waals surface area contributed by atoms with Crippen molar-refractivity contribution in [3.63, 3.8) is 0 Å². The molecule has 0 bridgehead atoms. The fourth-order valence-corrected chi connectivity index (χ4v) is 6.06. The minimum atomic E-state index is -4.41. The summed E-state index contributed by atoms with van der Waals surface area (Å²) in [6.45, 7) is 7.44. The predicted octanol–water partition coefficient (Wildman–Crippen LogP) is 8.43. The van der Waals surface area contributed by atoms with Crippen LogP contribution in [0.4, 0.5) is 13.2 Å². The van der Waals surface area contributed by atoms with Crippen molar-refractivity contribution in [2.75, 3.05) is 26.2 Å². The summed E-state index contributed by atoms with van der Waals surface area (Å²) < 4.78 is 44.6. The molecule has 1 aliphatic heterocycles. The fraction of sp³-hybridized carbons (Fsp3) is 0.459. The third-order valence-electron chi connectivity index (χ3n) is 8.84. The molecule has 4 rings (SSSR count). The average molecular weight is 623 g/mol. The highest BCUT2D eigenvalue weighted by molar-refractivity contribution is 6.01. The van der Waals surface area contributed by atoms with Crippen LogP contribution in [0.3, 0.4) is 0 Å². The molecule has 0 radical (unpaired) electrons. The molecule has 1 amide bonds. The van der Waals surface area contributed by atoms with Gasteiger partial charge in [-0.2, -0.15) is 13.2 Å². The molecular weight excluding hydrogens is 577 g/mol. The largest absolute Gasteiger partial charge is 0.466 e. The van der Waals surface area contributed by atoms with Crippen LogP contribution in [0.2, 0.25) is 0 Å². The molecule has 1 N–H and O–H groups in total. The van der Waals surface area contributed by atoms with Gasteiger partial charge >= 0.3 is 12.1 Å². The molecule has 1 unspecified atom stereocenters. The monoisotopic (exact) mass is 622 g/mol. The maximum Gasteiger partial charge on any atom is 0.416 e. The Labute approximate surface area is 265 Å². The Morgan fingerprint density at radius 1 is 0.867 bits per heavy atom. The summed E-state index contributed by atoms with van der Waals surface area (Å²) in [6.07, 6.45) is 2.40. The molecule has 1 heterocycles. The standard InChI is InChI=1S/C37H45F3N2O3/c1-3-4-26-45-34(43)27-36(2,29-12-6-5-7-13-29)22-10-11-23-42-24-20-31(21-25-42)41-35(44)33-15-9-8-14-32(33)28-16-18-30(19-17-28)37(38,39)40/h5-9,12-19,31H,3-4,10-11,20-27H2,1-2H3,(H,41,44). The van der Waals surface area contributed by atoms with Crippen LogP contribution in [0.5, 0.6) is 0 Å². The Morgan fingerprint density at radius 2 is 1.53 bits per heavy atom. The van der Waals surface area contributed by atoms with Gasteiger partial charge < -0.3 is 15.0 Å². The first-order valence-corrected chi connectivity index (χ1v) is 16.1. The number of hydrogen-bond acceptors (Lipinski definition) is 4. The molecule has 5 nitrogen and oxygen atoms in total. The molecule has 0 saturated carbocycles. The molecule has 1 fully saturated rings. The van der Waals surface area contributed by atoms with E-state index in [1.807, 2.05) is 18.2 Å². The lowest BCUT2D eigenvalue weighted by molar-refractivity contribution is -0.145. The molecule has 1 aliphatic rings. The summed E-state index contributed by atoms with van der Waals surface area (Å²) in [6, 6.07) is 22.2. The zero-order valence-corrected chi connectivity index (χ0v) is 26.4. The van der Waals surface area contributed by atoms with Crippen LogP contribution in [0.25, 0.3) is 11.1 Å². The average Bonchev–Trinajstić information content (AvgIpc) is 3.04. The van der Waals surface area contributed by atoms with Crippen LogP contribution in [0.15, 0.2) is 78.9 Å². The van der Waals surface area contributed by atoms with Crippen molar-refractivity contribution < 1.29 is 27.5 Å². The molecule has 8 heteroatoms. The Kier molecular flexibility index (Phi) is 12.2. The minimum Gasteiger partial charge on any atom is -0.466 e. The van der Waals surface area contributed by atoms with Crippen molar-refractivity contribution >= 4 is 11.9 Å². The molecule has 1 saturated heterocycles. The van der Waals surface area contributed by atoms with Crippen molar-refractivity contribution in [2.24, 2.45) is 0 Å². The number of piperidine rings is 1. The van der Waals surface area contributed by atoms with E-state index in [9.17, 15) is 22.8 Å². The highest BCUT2D eigenvalue weighted by atomic mass is 19.4. The van der Waals surface area contributed by atoms with Gasteiger partial charge in [-0.15, -0.1) is 0 Å². The molecule has 0 aliphatic carbocycles. The maximum atomic E-state index is 13.2. The van der Waals surface area contributed by atoms with Crippen LogP contribution in [-0.4, -0.2) is 49.1 Å². The first kappa shape index (κ1) is 34.2. The molecule has 1 atom stereocenters. The first-order chi connectivity index (χ1) is 21.6. The lowest BCUT2D eigenvalue weighted by Gasteiger charge is -2.33. The lowest BCUT2D eigenvalue weighted by Crippen LogP contribution is -2.45. The van der Waals surface area contributed by atoms with Crippen molar-refractivity contribution in [3.05, 3.63) is 95.6 Å². The number of alkyl halides is 3. The van der Waals surface area contributed by atoms with Crippen molar-refractivity contribution in [1.82, 2.24) is 10.2 Å². The van der Waals surface area contributed by atoms with E-state index in [1.54, 1.807) is 24.3 Å². The number of halogens is 3. The summed E-state index contributed by atoms with van der Waals surface area (Å²) in [5.41, 5.74) is 1.80. The van der Waals surface area contributed by atoms with Gasteiger partial charge in [0, 0.05) is 30.1 Å². The van der Waals surface area contributed by atoms with E-state index in [2.05, 4.69) is 36.2 Å². The molecule has 3 aromatic rings. The molecule has 3 aromatic carbocycles. The molecule has 0 aromatic heterocycles. The van der Waals surface area contributed by atoms with Crippen molar-refractivity contribution in [1.29, 1.82) is 0 Å². The Morgan fingerprint density at radius 3 is 2.20 bits per heavy atom. The SMILES string of the molecule is CCCCOC(=O)CC(C)(CCCCN1CCC(NC(=O)c2ccccc2-c2ccc(C(F)(F)F)cc2)CC1)c1ccccc1. The minimum absolute atomic E-state index is 0.0366. The number of rotatable bonds is 14. The van der Waals surface area contributed by atoms with Crippen LogP contribution >= 0.6 is 0 Å². The van der Waals surface area contributed by atoms with Gasteiger partial charge in [-0.3, -0.25) is 9.59 Å². The smallest absolute Gasteiger partial charge is 0.416 e. The zero-order chi connectivity index (χ0) is 32.3. The maximum absolute atomic E-state index is 13.2. The number of esters is 1. The third kappa shape index (κ3) is 9.92. The third-order valence-corrected chi connectivity index (χ3v) is 8.84. The topological polar surface area (TPSA) is 58.6 Å². The van der Waals surface area contributed by atoms with Gasteiger partial charge in [-0.05, 0) is 73.5 Å². The lowest BCUT2D eigenvalue weighted by atomic mass is 9.75. The van der Waals surface area contributed by atoms with Gasteiger partial charge in [0.1, 0.15) is 0 Å². The number of carbonyl (C=O) groups is 2. The number of hydrogen-bond donors (Lipinski definition) is 1. The number of likely N-dealkylation sites (tertiary alicyclic amines) is 1. The fourth-order valence-electron chi connectivity index (χ4n) is 6.06. The zero-order valence-electron chi connectivity index (χ0n) is 26.4. The number of ether oxygens (including phenoxy) is 1. The first-order valence-electron chi connectivity index (χ1n) is 16.1. The van der Waals surface area contributed by atoms with Crippen LogP contribution in [-0.2, 0) is 21.1 Å². The second kappa shape index (κ2) is 16.1. The highest BCUT2D eigenvalue weighted by Crippen LogP contribution is 2.34. The second-order valence-corrected chi connectivity index (χ2v) is 12.3. The predicted molar refractivity (Wildman–Crippen MR) is 172 cm³/mol. The van der Waals surface area contributed by atoms with Crippen LogP contribution in [0, 0.1) is 0 Å². The van der Waals surface area contributed by atoms with Gasteiger partial charge in [0.25, 0.3) is 5.91 Å². The number of nitrogens with one attached hydrogen (secondary N) is 1. The van der Waals surface area contributed by atoms with Gasteiger partial charge in [-0.25, -0.2) is 0 Å². The van der Waals surface area contributed by atoms with E-state index in [-0.39, 0.29) is 23.3 Å². The molecule has 242 valence electrons. The van der Waals surface area contributed by atoms with E-state index in [1.165, 1.54) is 12.1 Å². The molecule has 0 spiro atoms. The second-order valence-electron chi connectivity index (χ2n) is 12.3. The summed E-state index contributed by atoms with van der Waals surface area (Å²) in [4.78, 5) is 28.3. The number of benzene rings is 3. The van der Waals surface area contributed by atoms with Crippen molar-refractivity contribution in [2.45, 2.75) is 82.8 Å². The van der Waals surface area contributed by atoms with E-state index in [0.717, 1.165) is 82.3 Å². The Hall–Kier alpha value is -3.65. The Balaban J connectivity index is 1.25. The number of amides is 1.